The number of alkyl halides is 6. The van der Waals surface area contributed by atoms with E-state index in [2.05, 4.69) is 5.32 Å². The molecule has 0 aliphatic carbocycles. The number of hydrogen-bond donors (Lipinski definition) is 1. The lowest BCUT2D eigenvalue weighted by molar-refractivity contribution is -0.143. The number of carbonyl (C=O) groups excluding carboxylic acids is 3. The molecule has 0 saturated carbocycles. The minimum absolute atomic E-state index is 0.0184. The molecule has 0 radical (unpaired) electrons. The van der Waals surface area contributed by atoms with Crippen LogP contribution in [0.2, 0.25) is 0 Å². The number of carbonyl (C=O) groups is 3. The molecule has 2 aliphatic heterocycles. The molecule has 270 valence electrons. The van der Waals surface area contributed by atoms with Crippen molar-refractivity contribution in [2.45, 2.75) is 69.1 Å². The van der Waals surface area contributed by atoms with Gasteiger partial charge < -0.3 is 29.7 Å². The standard InChI is InChI=1S/C34H43F6N5O4/c1-41-29-7-5-4-6-24(29)8-13-45(22-46)28-11-16-44(17-12-28)32(48)49-30(31(47)43-14-9-27(10-15-43)42(2)3)20-23-18-25(33(35,36)37)21-26(19-23)34(38,39)40/h4-7,18-19,21-22,27-28,30,41H,8-17,20H2,1-3H3/t30-/m1/s1. The number of halogens is 6. The highest BCUT2D eigenvalue weighted by molar-refractivity contribution is 5.84. The topological polar surface area (TPSA) is 85.4 Å². The van der Waals surface area contributed by atoms with Crippen molar-refractivity contribution in [3.63, 3.8) is 0 Å². The highest BCUT2D eigenvalue weighted by atomic mass is 19.4. The van der Waals surface area contributed by atoms with E-state index in [0.29, 0.717) is 50.8 Å². The molecule has 2 fully saturated rings. The van der Waals surface area contributed by atoms with Crippen LogP contribution in [-0.2, 0) is 39.5 Å². The van der Waals surface area contributed by atoms with Crippen LogP contribution in [0.25, 0.3) is 0 Å². The maximum absolute atomic E-state index is 13.7. The summed E-state index contributed by atoms with van der Waals surface area (Å²) in [6, 6.07) is 8.88. The van der Waals surface area contributed by atoms with Crippen LogP contribution in [0.3, 0.4) is 0 Å². The van der Waals surface area contributed by atoms with Crippen LogP contribution in [0, 0.1) is 0 Å². The van der Waals surface area contributed by atoms with Gasteiger partial charge in [-0.25, -0.2) is 4.79 Å². The van der Waals surface area contributed by atoms with E-state index in [1.165, 1.54) is 9.80 Å². The average Bonchev–Trinajstić information content (AvgIpc) is 3.07. The number of nitrogens with zero attached hydrogens (tertiary/aromatic N) is 4. The molecule has 0 unspecified atom stereocenters. The smallest absolute Gasteiger partial charge is 0.416 e. The molecule has 0 bridgehead atoms. The number of benzene rings is 2. The molecule has 1 atom stereocenters. The molecule has 2 saturated heterocycles. The quantitative estimate of drug-likeness (QED) is 0.246. The molecule has 0 spiro atoms. The van der Waals surface area contributed by atoms with Gasteiger partial charge in [-0.05, 0) is 81.6 Å². The Bertz CT molecular complexity index is 1400. The third-order valence-electron chi connectivity index (χ3n) is 9.35. The first kappa shape index (κ1) is 37.8. The number of ether oxygens (including phenoxy) is 1. The van der Waals surface area contributed by atoms with Crippen molar-refractivity contribution in [3.05, 3.63) is 64.7 Å². The number of nitrogens with one attached hydrogen (secondary N) is 1. The number of anilines is 1. The Morgan fingerprint density at radius 1 is 0.898 bits per heavy atom. The van der Waals surface area contributed by atoms with Gasteiger partial charge in [0.25, 0.3) is 5.91 Å². The lowest BCUT2D eigenvalue weighted by Crippen LogP contribution is -2.51. The fraction of sp³-hybridized carbons (Fsp3) is 0.559. The Labute approximate surface area is 282 Å². The molecule has 49 heavy (non-hydrogen) atoms. The van der Waals surface area contributed by atoms with Crippen molar-refractivity contribution in [2.24, 2.45) is 0 Å². The number of piperidine rings is 2. The molecule has 4 rings (SSSR count). The molecular weight excluding hydrogens is 656 g/mol. The Kier molecular flexibility index (Phi) is 12.4. The van der Waals surface area contributed by atoms with Crippen LogP contribution in [0.1, 0.15) is 47.9 Å². The lowest BCUT2D eigenvalue weighted by Gasteiger charge is -2.38. The third-order valence-corrected chi connectivity index (χ3v) is 9.35. The van der Waals surface area contributed by atoms with Crippen LogP contribution < -0.4 is 5.32 Å². The van der Waals surface area contributed by atoms with Gasteiger partial charge in [-0.1, -0.05) is 18.2 Å². The number of amides is 3. The van der Waals surface area contributed by atoms with Crippen LogP contribution in [0.15, 0.2) is 42.5 Å². The van der Waals surface area contributed by atoms with Crippen LogP contribution in [0.4, 0.5) is 36.8 Å². The van der Waals surface area contributed by atoms with Gasteiger partial charge in [0.15, 0.2) is 6.10 Å². The number of likely N-dealkylation sites (tertiary alicyclic amines) is 2. The van der Waals surface area contributed by atoms with Gasteiger partial charge in [0.2, 0.25) is 6.41 Å². The van der Waals surface area contributed by atoms with Gasteiger partial charge in [-0.3, -0.25) is 9.59 Å². The Morgan fingerprint density at radius 3 is 1.98 bits per heavy atom. The Balaban J connectivity index is 1.47. The van der Waals surface area contributed by atoms with Crippen molar-refractivity contribution in [3.8, 4) is 0 Å². The molecular formula is C34H43F6N5O4. The SMILES string of the molecule is CNc1ccccc1CCN(C=O)C1CCN(C(=O)O[C@H](Cc2cc(C(F)(F)F)cc(C(F)(F)F)c2)C(=O)N2CCC(N(C)C)CC2)CC1. The molecule has 9 nitrogen and oxygen atoms in total. The molecule has 2 aromatic rings. The summed E-state index contributed by atoms with van der Waals surface area (Å²) >= 11 is 0. The van der Waals surface area contributed by atoms with Gasteiger partial charge >= 0.3 is 18.4 Å². The number of para-hydroxylation sites is 1. The second kappa shape index (κ2) is 16.1. The fourth-order valence-electron chi connectivity index (χ4n) is 6.47. The van der Waals surface area contributed by atoms with Crippen LogP contribution in [-0.4, -0.2) is 110 Å². The van der Waals surface area contributed by atoms with E-state index in [4.69, 9.17) is 4.74 Å². The molecule has 2 aliphatic rings. The third kappa shape index (κ3) is 10.0. The Morgan fingerprint density at radius 2 is 1.45 bits per heavy atom. The summed E-state index contributed by atoms with van der Waals surface area (Å²) in [6.07, 6.45) is -9.95. The summed E-state index contributed by atoms with van der Waals surface area (Å²) in [5.41, 5.74) is -1.47. The second-order valence-electron chi connectivity index (χ2n) is 12.7. The number of rotatable bonds is 11. The van der Waals surface area contributed by atoms with E-state index in [1.807, 2.05) is 50.3 Å². The first-order chi connectivity index (χ1) is 23.1. The molecule has 15 heteroatoms. The summed E-state index contributed by atoms with van der Waals surface area (Å²) in [7, 11) is 5.62. The summed E-state index contributed by atoms with van der Waals surface area (Å²) in [6.45, 7) is 1.39. The van der Waals surface area contributed by atoms with Gasteiger partial charge in [0.1, 0.15) is 0 Å². The van der Waals surface area contributed by atoms with E-state index < -0.39 is 53.6 Å². The summed E-state index contributed by atoms with van der Waals surface area (Å²) in [4.78, 5) is 45.6. The summed E-state index contributed by atoms with van der Waals surface area (Å²) in [5, 5.41) is 3.13. The van der Waals surface area contributed by atoms with Crippen molar-refractivity contribution < 1.29 is 45.5 Å². The zero-order chi connectivity index (χ0) is 35.9. The largest absolute Gasteiger partial charge is 0.436 e. The highest BCUT2D eigenvalue weighted by Crippen LogP contribution is 2.37. The highest BCUT2D eigenvalue weighted by Gasteiger charge is 2.39. The minimum Gasteiger partial charge on any atom is -0.436 e. The monoisotopic (exact) mass is 699 g/mol. The number of hydrogen-bond acceptors (Lipinski definition) is 6. The maximum Gasteiger partial charge on any atom is 0.416 e. The van der Waals surface area contributed by atoms with E-state index >= 15 is 0 Å². The van der Waals surface area contributed by atoms with Gasteiger partial charge in [-0.2, -0.15) is 26.3 Å². The Hall–Kier alpha value is -4.01. The predicted molar refractivity (Wildman–Crippen MR) is 171 cm³/mol. The first-order valence-electron chi connectivity index (χ1n) is 16.3. The fourth-order valence-corrected chi connectivity index (χ4v) is 6.47. The first-order valence-corrected chi connectivity index (χ1v) is 16.3. The van der Waals surface area contributed by atoms with Crippen molar-refractivity contribution in [1.82, 2.24) is 19.6 Å². The van der Waals surface area contributed by atoms with E-state index in [-0.39, 0.29) is 44.3 Å². The second-order valence-corrected chi connectivity index (χ2v) is 12.7. The van der Waals surface area contributed by atoms with Crippen LogP contribution in [0.5, 0.6) is 0 Å². The van der Waals surface area contributed by atoms with Crippen molar-refractivity contribution in [1.29, 1.82) is 0 Å². The molecule has 2 aromatic carbocycles. The van der Waals surface area contributed by atoms with E-state index in [1.54, 1.807) is 4.90 Å². The molecule has 3 amide bonds. The minimum atomic E-state index is -5.07. The van der Waals surface area contributed by atoms with E-state index in [9.17, 15) is 40.7 Å². The molecule has 2 heterocycles. The zero-order valence-corrected chi connectivity index (χ0v) is 27.8. The summed E-state index contributed by atoms with van der Waals surface area (Å²) in [5.74, 6) is -0.680. The van der Waals surface area contributed by atoms with Gasteiger partial charge in [0.05, 0.1) is 11.1 Å². The van der Waals surface area contributed by atoms with Gasteiger partial charge in [-0.15, -0.1) is 0 Å². The van der Waals surface area contributed by atoms with Crippen LogP contribution >= 0.6 is 0 Å². The lowest BCUT2D eigenvalue weighted by atomic mass is 9.98. The predicted octanol–water partition coefficient (Wildman–Crippen LogP) is 5.53. The van der Waals surface area contributed by atoms with Crippen molar-refractivity contribution in [2.75, 3.05) is 59.2 Å². The normalized spacial score (nSPS) is 17.2. The summed E-state index contributed by atoms with van der Waals surface area (Å²) < 4.78 is 87.2. The van der Waals surface area contributed by atoms with Crippen molar-refractivity contribution >= 4 is 24.1 Å². The zero-order valence-electron chi connectivity index (χ0n) is 27.8. The molecule has 0 aromatic heterocycles. The van der Waals surface area contributed by atoms with Gasteiger partial charge in [0, 0.05) is 64.0 Å². The molecule has 1 N–H and O–H groups in total. The maximum atomic E-state index is 13.7. The average molecular weight is 700 g/mol. The van der Waals surface area contributed by atoms with E-state index in [0.717, 1.165) is 17.7 Å².